The molecule has 1 fully saturated rings. The number of halogens is 1. The first kappa shape index (κ1) is 11.0. The smallest absolute Gasteiger partial charge is 0.104 e. The van der Waals surface area contributed by atoms with Gasteiger partial charge in [0.15, 0.2) is 0 Å². The lowest BCUT2D eigenvalue weighted by Gasteiger charge is -2.15. The molecular formula is C11H22FN. The van der Waals surface area contributed by atoms with Crippen LogP contribution in [0.4, 0.5) is 4.39 Å². The highest BCUT2D eigenvalue weighted by Gasteiger charge is 2.58. The number of nitrogens with zero attached hydrogens (tertiary/aromatic N) is 1. The summed E-state index contributed by atoms with van der Waals surface area (Å²) in [5.74, 6) is 0.181. The Balaban J connectivity index is 2.56. The molecule has 2 heteroatoms. The normalized spacial score (nSPS) is 42.9. The Morgan fingerprint density at radius 3 is 2.31 bits per heavy atom. The van der Waals surface area contributed by atoms with Crippen LogP contribution in [0.1, 0.15) is 40.5 Å². The van der Waals surface area contributed by atoms with Gasteiger partial charge in [0.05, 0.1) is 0 Å². The topological polar surface area (TPSA) is 3.01 Å². The summed E-state index contributed by atoms with van der Waals surface area (Å²) in [5, 5.41) is 0. The fourth-order valence-electron chi connectivity index (χ4n) is 2.58. The van der Waals surface area contributed by atoms with E-state index in [-0.39, 0.29) is 11.5 Å². The quantitative estimate of drug-likeness (QED) is 0.612. The molecule has 0 amide bonds. The first-order chi connectivity index (χ1) is 5.99. The van der Waals surface area contributed by atoms with Gasteiger partial charge in [-0.3, -0.25) is 4.90 Å². The van der Waals surface area contributed by atoms with Gasteiger partial charge < -0.3 is 0 Å². The summed E-state index contributed by atoms with van der Waals surface area (Å²) in [6, 6.07) is 0.451. The summed E-state index contributed by atoms with van der Waals surface area (Å²) in [6.07, 6.45) is 1.13. The van der Waals surface area contributed by atoms with E-state index in [4.69, 9.17) is 0 Å². The van der Waals surface area contributed by atoms with E-state index in [2.05, 4.69) is 25.8 Å². The van der Waals surface area contributed by atoms with Crippen molar-refractivity contribution in [2.24, 2.45) is 5.92 Å². The molecule has 1 aliphatic rings. The average molecular weight is 187 g/mol. The van der Waals surface area contributed by atoms with Crippen LogP contribution in [0.3, 0.4) is 0 Å². The first-order valence-electron chi connectivity index (χ1n) is 5.36. The molecule has 0 N–H and O–H groups in total. The molecule has 5 atom stereocenters. The summed E-state index contributed by atoms with van der Waals surface area (Å²) in [6.45, 7) is 8.38. The summed E-state index contributed by atoms with van der Waals surface area (Å²) in [7, 11) is 2.10. The molecule has 0 bridgehead atoms. The van der Waals surface area contributed by atoms with Gasteiger partial charge in [0.1, 0.15) is 6.17 Å². The molecule has 0 aliphatic carbocycles. The van der Waals surface area contributed by atoms with Gasteiger partial charge in [-0.1, -0.05) is 20.8 Å². The number of hydrogen-bond donors (Lipinski definition) is 0. The number of rotatable bonds is 4. The fourth-order valence-corrected chi connectivity index (χ4v) is 2.58. The molecule has 1 saturated heterocycles. The SMILES string of the molecule is CCC(F)C(C)C1N(C)C1(C)CC. The van der Waals surface area contributed by atoms with Gasteiger partial charge in [-0.25, -0.2) is 4.39 Å². The molecule has 0 aromatic rings. The minimum Gasteiger partial charge on any atom is -0.294 e. The second-order valence-corrected chi connectivity index (χ2v) is 4.55. The van der Waals surface area contributed by atoms with E-state index in [1.807, 2.05) is 13.8 Å². The second-order valence-electron chi connectivity index (χ2n) is 4.55. The van der Waals surface area contributed by atoms with E-state index in [9.17, 15) is 4.39 Å². The molecular weight excluding hydrogens is 165 g/mol. The molecule has 13 heavy (non-hydrogen) atoms. The van der Waals surface area contributed by atoms with Crippen LogP contribution in [0.25, 0.3) is 0 Å². The highest BCUT2D eigenvalue weighted by Crippen LogP contribution is 2.47. The molecule has 1 rings (SSSR count). The van der Waals surface area contributed by atoms with Gasteiger partial charge in [-0.2, -0.15) is 0 Å². The largest absolute Gasteiger partial charge is 0.294 e. The van der Waals surface area contributed by atoms with Crippen molar-refractivity contribution in [3.63, 3.8) is 0 Å². The van der Waals surface area contributed by atoms with Crippen molar-refractivity contribution < 1.29 is 4.39 Å². The number of likely N-dealkylation sites (N-methyl/N-ethyl adjacent to an activating group) is 1. The minimum atomic E-state index is -0.638. The van der Waals surface area contributed by atoms with Gasteiger partial charge in [0.2, 0.25) is 0 Å². The van der Waals surface area contributed by atoms with Gasteiger partial charge in [-0.05, 0) is 26.8 Å². The average Bonchev–Trinajstić information content (AvgIpc) is 2.68. The predicted octanol–water partition coefficient (Wildman–Crippen LogP) is 2.85. The van der Waals surface area contributed by atoms with Crippen LogP contribution in [0, 0.1) is 5.92 Å². The third-order valence-corrected chi connectivity index (χ3v) is 3.97. The highest BCUT2D eigenvalue weighted by molar-refractivity contribution is 5.14. The molecule has 5 unspecified atom stereocenters. The van der Waals surface area contributed by atoms with Crippen molar-refractivity contribution in [1.82, 2.24) is 4.90 Å². The van der Waals surface area contributed by atoms with E-state index >= 15 is 0 Å². The summed E-state index contributed by atoms with van der Waals surface area (Å²) in [4.78, 5) is 2.31. The molecule has 78 valence electrons. The molecule has 0 saturated carbocycles. The summed E-state index contributed by atoms with van der Waals surface area (Å²) < 4.78 is 13.4. The number of alkyl halides is 1. The van der Waals surface area contributed by atoms with Crippen LogP contribution >= 0.6 is 0 Å². The minimum absolute atomic E-state index is 0.181. The second kappa shape index (κ2) is 3.56. The van der Waals surface area contributed by atoms with Crippen LogP contribution in [0.15, 0.2) is 0 Å². The Hall–Kier alpha value is -0.110. The Kier molecular flexibility index (Phi) is 3.01. The van der Waals surface area contributed by atoms with Gasteiger partial charge in [-0.15, -0.1) is 0 Å². The third kappa shape index (κ3) is 1.61. The number of hydrogen-bond acceptors (Lipinski definition) is 1. The summed E-state index contributed by atoms with van der Waals surface area (Å²) in [5.41, 5.74) is 0.263. The van der Waals surface area contributed by atoms with Crippen molar-refractivity contribution in [2.45, 2.75) is 58.3 Å². The van der Waals surface area contributed by atoms with E-state index < -0.39 is 6.17 Å². The van der Waals surface area contributed by atoms with Crippen molar-refractivity contribution in [1.29, 1.82) is 0 Å². The Labute approximate surface area is 81.3 Å². The van der Waals surface area contributed by atoms with Gasteiger partial charge in [0.25, 0.3) is 0 Å². The van der Waals surface area contributed by atoms with Crippen LogP contribution in [0.2, 0.25) is 0 Å². The highest BCUT2D eigenvalue weighted by atomic mass is 19.1. The van der Waals surface area contributed by atoms with E-state index in [0.717, 1.165) is 6.42 Å². The maximum absolute atomic E-state index is 13.4. The maximum atomic E-state index is 13.4. The zero-order chi connectivity index (χ0) is 10.2. The standard InChI is InChI=1S/C11H22FN/c1-6-9(12)8(3)10-11(4,7-2)13(10)5/h8-10H,6-7H2,1-5H3. The lowest BCUT2D eigenvalue weighted by atomic mass is 9.91. The molecule has 0 spiro atoms. The van der Waals surface area contributed by atoms with E-state index in [0.29, 0.717) is 12.5 Å². The van der Waals surface area contributed by atoms with Crippen LogP contribution in [-0.4, -0.2) is 29.7 Å². The van der Waals surface area contributed by atoms with Gasteiger partial charge in [0, 0.05) is 17.5 Å². The Morgan fingerprint density at radius 2 is 2.00 bits per heavy atom. The van der Waals surface area contributed by atoms with Crippen molar-refractivity contribution >= 4 is 0 Å². The summed E-state index contributed by atoms with van der Waals surface area (Å²) >= 11 is 0. The van der Waals surface area contributed by atoms with Crippen molar-refractivity contribution in [3.05, 3.63) is 0 Å². The molecule has 1 aliphatic heterocycles. The molecule has 0 aromatic heterocycles. The first-order valence-corrected chi connectivity index (χ1v) is 5.36. The lowest BCUT2D eigenvalue weighted by molar-refractivity contribution is 0.218. The zero-order valence-electron chi connectivity index (χ0n) is 9.47. The zero-order valence-corrected chi connectivity index (χ0v) is 9.47. The Bertz CT molecular complexity index is 183. The monoisotopic (exact) mass is 187 g/mol. The van der Waals surface area contributed by atoms with E-state index in [1.165, 1.54) is 0 Å². The molecule has 1 nitrogen and oxygen atoms in total. The lowest BCUT2D eigenvalue weighted by Crippen LogP contribution is -2.23. The van der Waals surface area contributed by atoms with Crippen LogP contribution < -0.4 is 0 Å². The van der Waals surface area contributed by atoms with Gasteiger partial charge >= 0.3 is 0 Å². The Morgan fingerprint density at radius 1 is 1.46 bits per heavy atom. The predicted molar refractivity (Wildman–Crippen MR) is 54.6 cm³/mol. The third-order valence-electron chi connectivity index (χ3n) is 3.97. The maximum Gasteiger partial charge on any atom is 0.104 e. The molecule has 1 heterocycles. The fraction of sp³-hybridized carbons (Fsp3) is 1.00. The molecule has 0 radical (unpaired) electrons. The van der Waals surface area contributed by atoms with Crippen LogP contribution in [0.5, 0.6) is 0 Å². The van der Waals surface area contributed by atoms with Crippen molar-refractivity contribution in [2.75, 3.05) is 7.05 Å². The van der Waals surface area contributed by atoms with Crippen LogP contribution in [-0.2, 0) is 0 Å². The van der Waals surface area contributed by atoms with E-state index in [1.54, 1.807) is 0 Å². The van der Waals surface area contributed by atoms with Crippen molar-refractivity contribution in [3.8, 4) is 0 Å². The molecule has 0 aromatic carbocycles.